The van der Waals surface area contributed by atoms with Crippen LogP contribution in [0.4, 0.5) is 0 Å². The van der Waals surface area contributed by atoms with E-state index in [4.69, 9.17) is 5.26 Å². The van der Waals surface area contributed by atoms with Crippen LogP contribution in [0, 0.1) is 11.3 Å². The van der Waals surface area contributed by atoms with Crippen LogP contribution in [0.1, 0.15) is 30.4 Å². The molecule has 0 spiro atoms. The van der Waals surface area contributed by atoms with Crippen LogP contribution in [0.25, 0.3) is 0 Å². The van der Waals surface area contributed by atoms with Gasteiger partial charge in [0.2, 0.25) is 0 Å². The van der Waals surface area contributed by atoms with E-state index in [0.29, 0.717) is 5.41 Å². The minimum atomic E-state index is 0.419. The summed E-state index contributed by atoms with van der Waals surface area (Å²) in [6, 6.07) is 10.4. The van der Waals surface area contributed by atoms with E-state index in [2.05, 4.69) is 23.1 Å². The molecule has 0 aromatic heterocycles. The van der Waals surface area contributed by atoms with Crippen molar-refractivity contribution in [2.75, 3.05) is 19.6 Å². The van der Waals surface area contributed by atoms with Gasteiger partial charge in [-0.05, 0) is 62.0 Å². The molecule has 0 N–H and O–H groups in total. The molecule has 3 aliphatic rings. The van der Waals surface area contributed by atoms with Gasteiger partial charge in [0.15, 0.2) is 0 Å². The van der Waals surface area contributed by atoms with Crippen molar-refractivity contribution in [2.45, 2.75) is 24.7 Å². The molecule has 3 fully saturated rings. The highest BCUT2D eigenvalue weighted by molar-refractivity contribution is 5.36. The number of fused-ring (bicyclic) bond motifs is 3. The van der Waals surface area contributed by atoms with Crippen molar-refractivity contribution >= 4 is 0 Å². The van der Waals surface area contributed by atoms with Gasteiger partial charge in [-0.3, -0.25) is 0 Å². The van der Waals surface area contributed by atoms with Gasteiger partial charge in [0.25, 0.3) is 0 Å². The molecule has 3 saturated heterocycles. The van der Waals surface area contributed by atoms with Crippen molar-refractivity contribution in [3.8, 4) is 6.07 Å². The topological polar surface area (TPSA) is 27.0 Å². The molecule has 2 nitrogen and oxygen atoms in total. The molecule has 3 aliphatic heterocycles. The predicted molar refractivity (Wildman–Crippen MR) is 63.1 cm³/mol. The van der Waals surface area contributed by atoms with Crippen LogP contribution in [0.5, 0.6) is 0 Å². The second-order valence-electron chi connectivity index (χ2n) is 5.06. The molecule has 1 aromatic rings. The second-order valence-corrected chi connectivity index (χ2v) is 5.06. The van der Waals surface area contributed by atoms with Gasteiger partial charge in [0, 0.05) is 0 Å². The minimum Gasteiger partial charge on any atom is -0.303 e. The van der Waals surface area contributed by atoms with E-state index in [0.717, 1.165) is 5.56 Å². The molecule has 0 amide bonds. The maximum Gasteiger partial charge on any atom is 0.0991 e. The van der Waals surface area contributed by atoms with Gasteiger partial charge in [0.05, 0.1) is 11.6 Å². The van der Waals surface area contributed by atoms with Gasteiger partial charge < -0.3 is 4.90 Å². The number of benzene rings is 1. The van der Waals surface area contributed by atoms with Gasteiger partial charge in [-0.2, -0.15) is 5.26 Å². The average Bonchev–Trinajstić information content (AvgIpc) is 2.41. The zero-order valence-electron chi connectivity index (χ0n) is 9.45. The van der Waals surface area contributed by atoms with Gasteiger partial charge >= 0.3 is 0 Å². The van der Waals surface area contributed by atoms with E-state index in [1.165, 1.54) is 44.5 Å². The van der Waals surface area contributed by atoms with Crippen LogP contribution < -0.4 is 0 Å². The third-order valence-electron chi connectivity index (χ3n) is 4.35. The molecule has 4 rings (SSSR count). The van der Waals surface area contributed by atoms with Gasteiger partial charge in [-0.15, -0.1) is 0 Å². The summed E-state index contributed by atoms with van der Waals surface area (Å²) >= 11 is 0. The first-order chi connectivity index (χ1) is 7.82. The van der Waals surface area contributed by atoms with Crippen molar-refractivity contribution < 1.29 is 0 Å². The fourth-order valence-corrected chi connectivity index (χ4v) is 3.16. The Hall–Kier alpha value is -1.33. The maximum atomic E-state index is 8.81. The molecule has 2 bridgehead atoms. The average molecular weight is 212 g/mol. The Morgan fingerprint density at radius 1 is 1.00 bits per heavy atom. The summed E-state index contributed by atoms with van der Waals surface area (Å²) in [4.78, 5) is 2.56. The first-order valence-electron chi connectivity index (χ1n) is 6.05. The Morgan fingerprint density at radius 2 is 1.56 bits per heavy atom. The molecule has 82 valence electrons. The zero-order valence-corrected chi connectivity index (χ0v) is 9.45. The highest BCUT2D eigenvalue weighted by Crippen LogP contribution is 2.42. The van der Waals surface area contributed by atoms with Crippen LogP contribution in [-0.4, -0.2) is 24.5 Å². The lowest BCUT2D eigenvalue weighted by Crippen LogP contribution is -2.50. The van der Waals surface area contributed by atoms with Gasteiger partial charge in [0.1, 0.15) is 0 Å². The normalized spacial score (nSPS) is 32.3. The minimum absolute atomic E-state index is 0.419. The van der Waals surface area contributed by atoms with E-state index in [-0.39, 0.29) is 0 Å². The number of nitriles is 1. The first kappa shape index (κ1) is 9.86. The van der Waals surface area contributed by atoms with Gasteiger partial charge in [-0.25, -0.2) is 0 Å². The standard InChI is InChI=1S/C14H16N2/c15-11-12-1-3-13(4-2-12)14-5-8-16(9-6-14)10-7-14/h1-4H,5-10H2. The summed E-state index contributed by atoms with van der Waals surface area (Å²) in [5.41, 5.74) is 2.64. The second kappa shape index (κ2) is 3.61. The molecule has 0 saturated carbocycles. The largest absolute Gasteiger partial charge is 0.303 e. The van der Waals surface area contributed by atoms with Crippen LogP contribution in [-0.2, 0) is 5.41 Å². The lowest BCUT2D eigenvalue weighted by Gasteiger charge is -2.48. The molecule has 2 heteroatoms. The summed E-state index contributed by atoms with van der Waals surface area (Å²) in [6.45, 7) is 3.75. The third kappa shape index (κ3) is 1.44. The fraction of sp³-hybridized carbons (Fsp3) is 0.500. The van der Waals surface area contributed by atoms with Crippen molar-refractivity contribution in [2.24, 2.45) is 0 Å². The van der Waals surface area contributed by atoms with E-state index in [1.807, 2.05) is 12.1 Å². The van der Waals surface area contributed by atoms with E-state index in [1.54, 1.807) is 0 Å². The Kier molecular flexibility index (Phi) is 2.22. The Balaban J connectivity index is 1.93. The lowest BCUT2D eigenvalue weighted by atomic mass is 9.67. The molecule has 0 atom stereocenters. The Labute approximate surface area is 96.5 Å². The van der Waals surface area contributed by atoms with Crippen LogP contribution >= 0.6 is 0 Å². The number of rotatable bonds is 1. The summed E-state index contributed by atoms with van der Waals surface area (Å²) in [7, 11) is 0. The fourth-order valence-electron chi connectivity index (χ4n) is 3.16. The van der Waals surface area contributed by atoms with Crippen molar-refractivity contribution in [1.29, 1.82) is 5.26 Å². The summed E-state index contributed by atoms with van der Waals surface area (Å²) in [5, 5.41) is 8.81. The number of piperidine rings is 3. The van der Waals surface area contributed by atoms with E-state index in [9.17, 15) is 0 Å². The first-order valence-corrected chi connectivity index (χ1v) is 6.05. The zero-order chi connectivity index (χ0) is 11.0. The highest BCUT2D eigenvalue weighted by atomic mass is 15.1. The third-order valence-corrected chi connectivity index (χ3v) is 4.35. The van der Waals surface area contributed by atoms with Crippen LogP contribution in [0.2, 0.25) is 0 Å². The van der Waals surface area contributed by atoms with Crippen LogP contribution in [0.3, 0.4) is 0 Å². The van der Waals surface area contributed by atoms with E-state index < -0.39 is 0 Å². The smallest absolute Gasteiger partial charge is 0.0991 e. The Morgan fingerprint density at radius 3 is 2.06 bits per heavy atom. The Bertz CT molecular complexity index is 405. The molecular formula is C14H16N2. The molecule has 3 heterocycles. The number of hydrogen-bond donors (Lipinski definition) is 0. The highest BCUT2D eigenvalue weighted by Gasteiger charge is 2.40. The van der Waals surface area contributed by atoms with Gasteiger partial charge in [-0.1, -0.05) is 12.1 Å². The van der Waals surface area contributed by atoms with Crippen molar-refractivity contribution in [3.05, 3.63) is 35.4 Å². The van der Waals surface area contributed by atoms with Crippen molar-refractivity contribution in [1.82, 2.24) is 4.90 Å². The monoisotopic (exact) mass is 212 g/mol. The molecule has 0 radical (unpaired) electrons. The predicted octanol–water partition coefficient (Wildman–Crippen LogP) is 2.30. The summed E-state index contributed by atoms with van der Waals surface area (Å²) in [6.07, 6.45) is 3.87. The van der Waals surface area contributed by atoms with Crippen LogP contribution in [0.15, 0.2) is 24.3 Å². The SMILES string of the molecule is N#Cc1ccc(C23CCN(CC2)CC3)cc1. The quantitative estimate of drug-likeness (QED) is 0.714. The lowest BCUT2D eigenvalue weighted by molar-refractivity contribution is 0.0818. The maximum absolute atomic E-state index is 8.81. The molecule has 16 heavy (non-hydrogen) atoms. The summed E-state index contributed by atoms with van der Waals surface area (Å²) < 4.78 is 0. The number of hydrogen-bond acceptors (Lipinski definition) is 2. The molecule has 1 aromatic carbocycles. The summed E-state index contributed by atoms with van der Waals surface area (Å²) in [5.74, 6) is 0. The molecule has 0 aliphatic carbocycles. The number of nitrogens with zero attached hydrogens (tertiary/aromatic N) is 2. The van der Waals surface area contributed by atoms with Crippen molar-refractivity contribution in [3.63, 3.8) is 0 Å². The van der Waals surface area contributed by atoms with E-state index >= 15 is 0 Å². The molecule has 0 unspecified atom stereocenters. The molecular weight excluding hydrogens is 196 g/mol.